The van der Waals surface area contributed by atoms with E-state index in [-0.39, 0.29) is 30.2 Å². The molecule has 0 unspecified atom stereocenters. The lowest BCUT2D eigenvalue weighted by atomic mass is 9.77. The maximum absolute atomic E-state index is 12.4. The molecule has 4 rings (SSSR count). The van der Waals surface area contributed by atoms with Gasteiger partial charge in [0.15, 0.2) is 0 Å². The molecule has 0 aromatic carbocycles. The van der Waals surface area contributed by atoms with E-state index in [2.05, 4.69) is 29.9 Å². The molecule has 0 saturated heterocycles. The maximum Gasteiger partial charge on any atom is 0.223 e. The standard InChI is InChI=1S/C22H25N5O2/c1-22(2)13-26(20(29)4-3-9-23)11-8-18(22)17-12-19(27(14-28)15-5-6-15)25-21-16(17)7-10-24-21/h7-8,10,12,14-15H,3-6,11,13H2,1-2H3,(H,24,25). The van der Waals surface area contributed by atoms with Gasteiger partial charge in [0.1, 0.15) is 11.5 Å². The van der Waals surface area contributed by atoms with E-state index in [1.807, 2.05) is 29.3 Å². The number of nitrogens with one attached hydrogen (secondary N) is 1. The fourth-order valence-corrected chi connectivity index (χ4v) is 4.15. The smallest absolute Gasteiger partial charge is 0.223 e. The second kappa shape index (κ2) is 7.36. The monoisotopic (exact) mass is 391 g/mol. The molecule has 7 nitrogen and oxygen atoms in total. The fourth-order valence-electron chi connectivity index (χ4n) is 4.15. The average molecular weight is 391 g/mol. The molecule has 2 aliphatic rings. The lowest BCUT2D eigenvalue weighted by molar-refractivity contribution is -0.131. The van der Waals surface area contributed by atoms with Crippen molar-refractivity contribution in [3.05, 3.63) is 30.0 Å². The Hall–Kier alpha value is -3.14. The number of fused-ring (bicyclic) bond motifs is 1. The summed E-state index contributed by atoms with van der Waals surface area (Å²) in [4.78, 5) is 35.5. The highest BCUT2D eigenvalue weighted by Gasteiger charge is 2.35. The SMILES string of the molecule is CC1(C)CN(C(=O)CCC#N)CC=C1c1cc(N(C=O)C2CC2)nc2[nH]ccc12. The number of pyridine rings is 1. The van der Waals surface area contributed by atoms with Gasteiger partial charge in [0.05, 0.1) is 6.07 Å². The van der Waals surface area contributed by atoms with Crippen molar-refractivity contribution < 1.29 is 9.59 Å². The van der Waals surface area contributed by atoms with Crippen molar-refractivity contribution in [2.75, 3.05) is 18.0 Å². The van der Waals surface area contributed by atoms with E-state index in [1.165, 1.54) is 0 Å². The number of rotatable bonds is 6. The Kier molecular flexibility index (Phi) is 4.87. The summed E-state index contributed by atoms with van der Waals surface area (Å²) < 4.78 is 0. The zero-order valence-corrected chi connectivity index (χ0v) is 16.8. The van der Waals surface area contributed by atoms with E-state index >= 15 is 0 Å². The molecule has 0 atom stereocenters. The molecule has 7 heteroatoms. The molecule has 29 heavy (non-hydrogen) atoms. The Labute approximate surface area is 170 Å². The topological polar surface area (TPSA) is 93.1 Å². The molecule has 0 radical (unpaired) electrons. The van der Waals surface area contributed by atoms with Crippen molar-refractivity contribution in [2.24, 2.45) is 5.41 Å². The van der Waals surface area contributed by atoms with Crippen LogP contribution in [0.1, 0.15) is 45.1 Å². The van der Waals surface area contributed by atoms with E-state index in [0.717, 1.165) is 41.4 Å². The molecule has 1 fully saturated rings. The fraction of sp³-hybridized carbons (Fsp3) is 0.455. The normalized spacial score (nSPS) is 18.2. The van der Waals surface area contributed by atoms with Crippen LogP contribution < -0.4 is 4.90 Å². The van der Waals surface area contributed by atoms with Gasteiger partial charge in [0.25, 0.3) is 0 Å². The van der Waals surface area contributed by atoms with Gasteiger partial charge in [-0.2, -0.15) is 5.26 Å². The number of aromatic amines is 1. The molecule has 2 aromatic rings. The van der Waals surface area contributed by atoms with Crippen LogP contribution >= 0.6 is 0 Å². The van der Waals surface area contributed by atoms with Gasteiger partial charge in [-0.05, 0) is 36.1 Å². The third-order valence-corrected chi connectivity index (χ3v) is 5.76. The van der Waals surface area contributed by atoms with Gasteiger partial charge in [-0.25, -0.2) is 4.98 Å². The van der Waals surface area contributed by atoms with Crippen LogP contribution in [0.5, 0.6) is 0 Å². The highest BCUT2D eigenvalue weighted by Crippen LogP contribution is 2.42. The van der Waals surface area contributed by atoms with Crippen molar-refractivity contribution in [2.45, 2.75) is 45.6 Å². The van der Waals surface area contributed by atoms with Crippen LogP contribution in [-0.2, 0) is 9.59 Å². The summed E-state index contributed by atoms with van der Waals surface area (Å²) >= 11 is 0. The first kappa shape index (κ1) is 19.2. The molecule has 2 amide bonds. The number of carbonyl (C=O) groups excluding carboxylic acids is 2. The van der Waals surface area contributed by atoms with Gasteiger partial charge in [0, 0.05) is 49.0 Å². The first-order valence-electron chi connectivity index (χ1n) is 10.0. The van der Waals surface area contributed by atoms with E-state index in [4.69, 9.17) is 5.26 Å². The highest BCUT2D eigenvalue weighted by atomic mass is 16.2. The lowest BCUT2D eigenvalue weighted by Gasteiger charge is -2.39. The number of H-pyrrole nitrogens is 1. The van der Waals surface area contributed by atoms with Crippen LogP contribution in [-0.4, -0.2) is 46.3 Å². The summed E-state index contributed by atoms with van der Waals surface area (Å²) in [6, 6.07) is 6.29. The Morgan fingerprint density at radius 2 is 2.28 bits per heavy atom. The summed E-state index contributed by atoms with van der Waals surface area (Å²) in [5.74, 6) is 0.676. The van der Waals surface area contributed by atoms with Crippen molar-refractivity contribution in [1.82, 2.24) is 14.9 Å². The number of nitrogens with zero attached hydrogens (tertiary/aromatic N) is 4. The molecule has 1 N–H and O–H groups in total. The number of anilines is 1. The maximum atomic E-state index is 12.4. The van der Waals surface area contributed by atoms with Crippen molar-refractivity contribution >= 4 is 34.7 Å². The minimum atomic E-state index is -0.269. The van der Waals surface area contributed by atoms with Crippen molar-refractivity contribution in [1.29, 1.82) is 5.26 Å². The molecular formula is C22H25N5O2. The number of hydrogen-bond donors (Lipinski definition) is 1. The third-order valence-electron chi connectivity index (χ3n) is 5.76. The van der Waals surface area contributed by atoms with Gasteiger partial charge < -0.3 is 9.88 Å². The van der Waals surface area contributed by atoms with Gasteiger partial charge >= 0.3 is 0 Å². The highest BCUT2D eigenvalue weighted by molar-refractivity contribution is 5.95. The summed E-state index contributed by atoms with van der Waals surface area (Å²) in [6.45, 7) is 5.36. The largest absolute Gasteiger partial charge is 0.346 e. The minimum absolute atomic E-state index is 0.0120. The van der Waals surface area contributed by atoms with Crippen LogP contribution in [0.15, 0.2) is 24.4 Å². The predicted octanol–water partition coefficient (Wildman–Crippen LogP) is 3.24. The summed E-state index contributed by atoms with van der Waals surface area (Å²) in [7, 11) is 0. The summed E-state index contributed by atoms with van der Waals surface area (Å²) in [5, 5.41) is 9.76. The third kappa shape index (κ3) is 3.63. The molecular weight excluding hydrogens is 366 g/mol. The molecule has 1 aliphatic carbocycles. The molecule has 2 aromatic heterocycles. The second-order valence-corrected chi connectivity index (χ2v) is 8.45. The van der Waals surface area contributed by atoms with Crippen LogP contribution in [0.2, 0.25) is 0 Å². The first-order valence-corrected chi connectivity index (χ1v) is 10.0. The molecule has 3 heterocycles. The lowest BCUT2D eigenvalue weighted by Crippen LogP contribution is -2.42. The van der Waals surface area contributed by atoms with Crippen molar-refractivity contribution in [3.8, 4) is 6.07 Å². The average Bonchev–Trinajstić information content (AvgIpc) is 3.41. The van der Waals surface area contributed by atoms with E-state index in [9.17, 15) is 9.59 Å². The Balaban J connectivity index is 1.72. The van der Waals surface area contributed by atoms with E-state index < -0.39 is 0 Å². The Bertz CT molecular complexity index is 1030. The van der Waals surface area contributed by atoms with Crippen LogP contribution in [0.3, 0.4) is 0 Å². The Morgan fingerprint density at radius 1 is 1.48 bits per heavy atom. The van der Waals surface area contributed by atoms with Gasteiger partial charge in [-0.1, -0.05) is 19.9 Å². The van der Waals surface area contributed by atoms with Gasteiger partial charge in [-0.15, -0.1) is 0 Å². The first-order chi connectivity index (χ1) is 13.9. The minimum Gasteiger partial charge on any atom is -0.346 e. The zero-order chi connectivity index (χ0) is 20.6. The second-order valence-electron chi connectivity index (χ2n) is 8.45. The predicted molar refractivity (Wildman–Crippen MR) is 111 cm³/mol. The van der Waals surface area contributed by atoms with Gasteiger partial charge in [0.2, 0.25) is 12.3 Å². The van der Waals surface area contributed by atoms with Gasteiger partial charge in [-0.3, -0.25) is 14.5 Å². The van der Waals surface area contributed by atoms with E-state index in [0.29, 0.717) is 18.9 Å². The number of nitriles is 1. The van der Waals surface area contributed by atoms with Crippen LogP contribution in [0.25, 0.3) is 16.6 Å². The summed E-state index contributed by atoms with van der Waals surface area (Å²) in [5.41, 5.74) is 2.69. The Morgan fingerprint density at radius 3 is 2.93 bits per heavy atom. The van der Waals surface area contributed by atoms with Crippen molar-refractivity contribution in [3.63, 3.8) is 0 Å². The molecule has 0 bridgehead atoms. The number of aromatic nitrogens is 2. The van der Waals surface area contributed by atoms with Crippen LogP contribution in [0.4, 0.5) is 5.82 Å². The quantitative estimate of drug-likeness (QED) is 0.765. The zero-order valence-electron chi connectivity index (χ0n) is 16.8. The molecule has 1 saturated carbocycles. The summed E-state index contributed by atoms with van der Waals surface area (Å²) in [6.07, 6.45) is 7.34. The number of amides is 2. The number of hydrogen-bond acceptors (Lipinski definition) is 4. The molecule has 1 aliphatic heterocycles. The molecule has 150 valence electrons. The number of carbonyl (C=O) groups is 2. The van der Waals surface area contributed by atoms with Crippen LogP contribution in [0, 0.1) is 16.7 Å². The van der Waals surface area contributed by atoms with E-state index in [1.54, 1.807) is 4.90 Å². The molecule has 0 spiro atoms.